The molecule has 1 saturated carbocycles. The summed E-state index contributed by atoms with van der Waals surface area (Å²) in [5, 5.41) is 0.705. The molecule has 224 valence electrons. The monoisotopic (exact) mass is 592 g/mol. The summed E-state index contributed by atoms with van der Waals surface area (Å²) in [5.41, 5.74) is 2.28. The van der Waals surface area contributed by atoms with Crippen LogP contribution in [0.15, 0.2) is 59.9 Å². The van der Waals surface area contributed by atoms with Crippen molar-refractivity contribution < 1.29 is 28.7 Å². The van der Waals surface area contributed by atoms with E-state index in [1.54, 1.807) is 24.3 Å². The van der Waals surface area contributed by atoms with E-state index in [1.165, 1.54) is 5.56 Å². The third-order valence-electron chi connectivity index (χ3n) is 8.37. The average molecular weight is 593 g/mol. The Morgan fingerprint density at radius 3 is 1.83 bits per heavy atom. The first-order valence-corrected chi connectivity index (χ1v) is 15.8. The van der Waals surface area contributed by atoms with Gasteiger partial charge >= 0.3 is 11.9 Å². The lowest BCUT2D eigenvalue weighted by Gasteiger charge is -2.32. The van der Waals surface area contributed by atoms with Crippen LogP contribution in [0.25, 0.3) is 0 Å². The lowest BCUT2D eigenvalue weighted by Crippen LogP contribution is -2.30. The van der Waals surface area contributed by atoms with Crippen molar-refractivity contribution in [3.05, 3.63) is 81.6 Å². The molecule has 2 aliphatic rings. The Labute approximate surface area is 253 Å². The number of rotatable bonds is 14. The molecular weight excluding hydrogens is 552 g/mol. The number of ketones is 2. The van der Waals surface area contributed by atoms with E-state index in [9.17, 15) is 19.2 Å². The summed E-state index contributed by atoms with van der Waals surface area (Å²) in [7, 11) is 0. The van der Waals surface area contributed by atoms with Gasteiger partial charge in [0.1, 0.15) is 0 Å². The summed E-state index contributed by atoms with van der Waals surface area (Å²) in [5.74, 6) is -1.02. The molecule has 0 bridgehead atoms. The van der Waals surface area contributed by atoms with Crippen LogP contribution in [0.1, 0.15) is 123 Å². The minimum absolute atomic E-state index is 0.0692. The van der Waals surface area contributed by atoms with Crippen molar-refractivity contribution in [3.8, 4) is 0 Å². The molecule has 0 N–H and O–H groups in total. The molecule has 0 aromatic heterocycles. The first-order valence-electron chi connectivity index (χ1n) is 15.4. The zero-order valence-electron chi connectivity index (χ0n) is 24.5. The molecule has 1 fully saturated rings. The third-order valence-corrected chi connectivity index (χ3v) is 8.62. The Morgan fingerprint density at radius 2 is 1.24 bits per heavy atom. The maximum Gasteiger partial charge on any atom is 0.311 e. The van der Waals surface area contributed by atoms with Crippen molar-refractivity contribution in [2.45, 2.75) is 96.3 Å². The number of hydrogen-bond acceptors (Lipinski definition) is 6. The van der Waals surface area contributed by atoms with E-state index in [0.29, 0.717) is 47.1 Å². The highest BCUT2D eigenvalue weighted by molar-refractivity contribution is 6.30. The van der Waals surface area contributed by atoms with Gasteiger partial charge in [0.2, 0.25) is 5.78 Å². The normalized spacial score (nSPS) is 18.5. The number of esters is 2. The number of benzene rings is 2. The van der Waals surface area contributed by atoms with E-state index in [0.717, 1.165) is 64.2 Å². The zero-order valence-corrected chi connectivity index (χ0v) is 25.3. The number of Topliss-reactive ketones (excluding diaryl/α,β-unsaturated/α-hetero) is 2. The summed E-state index contributed by atoms with van der Waals surface area (Å²) >= 11 is 6.06. The summed E-state index contributed by atoms with van der Waals surface area (Å²) in [4.78, 5) is 51.5. The quantitative estimate of drug-likeness (QED) is 0.161. The van der Waals surface area contributed by atoms with Gasteiger partial charge in [0.05, 0.1) is 12.2 Å². The lowest BCUT2D eigenvalue weighted by molar-refractivity contribution is -0.143. The maximum atomic E-state index is 13.7. The van der Waals surface area contributed by atoms with E-state index >= 15 is 0 Å². The first kappa shape index (κ1) is 31.7. The minimum Gasteiger partial charge on any atom is -0.466 e. The number of ether oxygens (including phenoxy) is 2. The second-order valence-electron chi connectivity index (χ2n) is 11.3. The molecule has 0 radical (unpaired) electrons. The highest BCUT2D eigenvalue weighted by atomic mass is 35.5. The van der Waals surface area contributed by atoms with Crippen LogP contribution in [0.3, 0.4) is 0 Å². The zero-order chi connectivity index (χ0) is 29.9. The summed E-state index contributed by atoms with van der Waals surface area (Å²) in [6.07, 6.45) is 10.3. The van der Waals surface area contributed by atoms with Crippen LogP contribution in [0.4, 0.5) is 0 Å². The van der Waals surface area contributed by atoms with E-state index in [1.807, 2.05) is 19.1 Å². The van der Waals surface area contributed by atoms with Gasteiger partial charge in [0.15, 0.2) is 11.5 Å². The van der Waals surface area contributed by atoms with Gasteiger partial charge in [-0.05, 0) is 75.0 Å². The first-order chi connectivity index (χ1) is 20.4. The summed E-state index contributed by atoms with van der Waals surface area (Å²) < 4.78 is 10.7. The number of halogens is 1. The Morgan fingerprint density at radius 1 is 0.714 bits per heavy atom. The van der Waals surface area contributed by atoms with Gasteiger partial charge in [-0.3, -0.25) is 19.2 Å². The fraction of sp³-hybridized carbons (Fsp3) is 0.486. The molecule has 6 nitrogen and oxygen atoms in total. The van der Waals surface area contributed by atoms with Crippen molar-refractivity contribution in [2.75, 3.05) is 6.61 Å². The molecule has 0 saturated heterocycles. The van der Waals surface area contributed by atoms with Gasteiger partial charge in [-0.25, -0.2) is 0 Å². The molecule has 0 aliphatic heterocycles. The Hall–Kier alpha value is -3.25. The molecule has 0 heterocycles. The number of allylic oxidation sites excluding steroid dienone is 2. The molecule has 2 aliphatic carbocycles. The van der Waals surface area contributed by atoms with Gasteiger partial charge in [0.25, 0.3) is 0 Å². The number of carbonyl (C=O) groups is 4. The molecule has 2 aromatic carbocycles. The van der Waals surface area contributed by atoms with Gasteiger partial charge in [0, 0.05) is 29.0 Å². The third kappa shape index (κ3) is 8.41. The fourth-order valence-corrected chi connectivity index (χ4v) is 6.24. The van der Waals surface area contributed by atoms with Crippen molar-refractivity contribution >= 4 is 35.1 Å². The fourth-order valence-electron chi connectivity index (χ4n) is 6.12. The van der Waals surface area contributed by atoms with Crippen LogP contribution < -0.4 is 0 Å². The number of fused-ring (bicyclic) bond motifs is 1. The van der Waals surface area contributed by atoms with E-state index < -0.39 is 5.97 Å². The predicted molar refractivity (Wildman–Crippen MR) is 163 cm³/mol. The van der Waals surface area contributed by atoms with Crippen LogP contribution in [0.2, 0.25) is 5.02 Å². The molecule has 0 spiro atoms. The van der Waals surface area contributed by atoms with Crippen LogP contribution in [0, 0.1) is 5.92 Å². The number of hydrogen-bond donors (Lipinski definition) is 0. The van der Waals surface area contributed by atoms with Crippen LogP contribution in [-0.4, -0.2) is 30.1 Å². The molecule has 0 atom stereocenters. The smallest absolute Gasteiger partial charge is 0.311 e. The minimum atomic E-state index is -0.465. The van der Waals surface area contributed by atoms with Crippen LogP contribution in [0.5, 0.6) is 0 Å². The topological polar surface area (TPSA) is 86.7 Å². The summed E-state index contributed by atoms with van der Waals surface area (Å²) in [6.45, 7) is 2.23. The van der Waals surface area contributed by atoms with Gasteiger partial charge in [-0.15, -0.1) is 0 Å². The molecule has 4 rings (SSSR count). The van der Waals surface area contributed by atoms with Gasteiger partial charge in [-0.1, -0.05) is 80.1 Å². The Bertz CT molecular complexity index is 1290. The van der Waals surface area contributed by atoms with Crippen molar-refractivity contribution in [1.82, 2.24) is 0 Å². The van der Waals surface area contributed by atoms with Crippen molar-refractivity contribution in [2.24, 2.45) is 5.92 Å². The second-order valence-corrected chi connectivity index (χ2v) is 11.7. The second kappa shape index (κ2) is 15.8. The predicted octanol–water partition coefficient (Wildman–Crippen LogP) is 8.56. The maximum absolute atomic E-state index is 13.7. The van der Waals surface area contributed by atoms with Crippen molar-refractivity contribution in [3.63, 3.8) is 0 Å². The van der Waals surface area contributed by atoms with E-state index in [-0.39, 0.29) is 35.6 Å². The largest absolute Gasteiger partial charge is 0.466 e. The molecule has 0 amide bonds. The average Bonchev–Trinajstić information content (AvgIpc) is 3.00. The van der Waals surface area contributed by atoms with E-state index in [4.69, 9.17) is 21.1 Å². The molecule has 2 aromatic rings. The number of carbonyl (C=O) groups excluding carboxylic acids is 4. The number of unbranched alkanes of at least 4 members (excludes halogenated alkanes) is 6. The Balaban J connectivity index is 1.32. The molecule has 0 unspecified atom stereocenters. The lowest BCUT2D eigenvalue weighted by atomic mass is 9.72. The van der Waals surface area contributed by atoms with E-state index in [2.05, 4.69) is 12.1 Å². The highest BCUT2D eigenvalue weighted by Gasteiger charge is 2.39. The van der Waals surface area contributed by atoms with Crippen LogP contribution >= 0.6 is 11.6 Å². The molecule has 42 heavy (non-hydrogen) atoms. The SMILES string of the molecule is CCOC(=O)CCCCCCCCCC(=O)OC1=C(C2CCC(c3ccc(Cl)cc3)CC2)C(=O)c2ccccc2C1=O. The van der Waals surface area contributed by atoms with Gasteiger partial charge < -0.3 is 9.47 Å². The Kier molecular flexibility index (Phi) is 11.9. The summed E-state index contributed by atoms with van der Waals surface area (Å²) in [6, 6.07) is 14.7. The standard InChI is InChI=1S/C35H41ClO6/c1-2-41-30(37)14-8-6-4-3-5-7-9-15-31(38)42-35-32(33(39)28-12-10-11-13-29(28)34(35)40)26-18-16-24(17-19-26)25-20-22-27(36)23-21-25/h10-13,20-24,26H,2-9,14-19H2,1H3. The highest BCUT2D eigenvalue weighted by Crippen LogP contribution is 2.42. The van der Waals surface area contributed by atoms with Crippen LogP contribution in [-0.2, 0) is 19.1 Å². The van der Waals surface area contributed by atoms with Gasteiger partial charge in [-0.2, -0.15) is 0 Å². The van der Waals surface area contributed by atoms with Crippen molar-refractivity contribution in [1.29, 1.82) is 0 Å². The molecular formula is C35H41ClO6. The molecule has 7 heteroatoms.